The second-order valence-corrected chi connectivity index (χ2v) is 4.23. The summed E-state index contributed by atoms with van der Waals surface area (Å²) in [5, 5.41) is 0. The zero-order chi connectivity index (χ0) is 12.5. The van der Waals surface area contributed by atoms with Gasteiger partial charge in [-0.1, -0.05) is 6.07 Å². The van der Waals surface area contributed by atoms with Crippen molar-refractivity contribution in [1.29, 1.82) is 0 Å². The van der Waals surface area contributed by atoms with E-state index in [0.717, 1.165) is 24.0 Å². The molecule has 0 aliphatic heterocycles. The van der Waals surface area contributed by atoms with Crippen LogP contribution in [0.4, 0.5) is 0 Å². The molecule has 4 nitrogen and oxygen atoms in total. The van der Waals surface area contributed by atoms with Gasteiger partial charge in [0, 0.05) is 5.56 Å². The molecule has 0 bridgehead atoms. The maximum absolute atomic E-state index is 10.5. The predicted octanol–water partition coefficient (Wildman–Crippen LogP) is 2.34. The number of ether oxygens (including phenoxy) is 2. The molecule has 0 amide bonds. The van der Waals surface area contributed by atoms with Crippen LogP contribution in [0.2, 0.25) is 0 Å². The van der Waals surface area contributed by atoms with E-state index in [1.807, 2.05) is 19.1 Å². The molecule has 0 heterocycles. The first-order valence-electron chi connectivity index (χ1n) is 5.49. The lowest BCUT2D eigenvalue weighted by atomic mass is 9.98. The van der Waals surface area contributed by atoms with E-state index in [1.165, 1.54) is 0 Å². The highest BCUT2D eigenvalue weighted by atomic mass is 16.5. The number of aliphatic imine (C=N–C) groups is 1. The van der Waals surface area contributed by atoms with Crippen molar-refractivity contribution in [2.75, 3.05) is 14.2 Å². The monoisotopic (exact) mass is 233 g/mol. The second-order valence-electron chi connectivity index (χ2n) is 4.23. The summed E-state index contributed by atoms with van der Waals surface area (Å²) in [5.74, 6) is 1.34. The third-order valence-electron chi connectivity index (χ3n) is 3.20. The zero-order valence-electron chi connectivity index (χ0n) is 10.2. The molecule has 0 atom stereocenters. The summed E-state index contributed by atoms with van der Waals surface area (Å²) in [6.45, 7) is 1.98. The Morgan fingerprint density at radius 2 is 2.00 bits per heavy atom. The van der Waals surface area contributed by atoms with Gasteiger partial charge in [-0.2, -0.15) is 4.99 Å². The summed E-state index contributed by atoms with van der Waals surface area (Å²) < 4.78 is 10.7. The predicted molar refractivity (Wildman–Crippen MR) is 63.3 cm³/mol. The quantitative estimate of drug-likeness (QED) is 0.592. The van der Waals surface area contributed by atoms with Gasteiger partial charge in [0.2, 0.25) is 6.08 Å². The summed E-state index contributed by atoms with van der Waals surface area (Å²) >= 11 is 0. The Hall–Kier alpha value is -1.80. The molecule has 0 unspecified atom stereocenters. The first-order valence-corrected chi connectivity index (χ1v) is 5.49. The molecule has 1 aromatic carbocycles. The van der Waals surface area contributed by atoms with Crippen LogP contribution in [0.5, 0.6) is 11.5 Å². The molecule has 2 rings (SSSR count). The van der Waals surface area contributed by atoms with E-state index in [-0.39, 0.29) is 0 Å². The fourth-order valence-corrected chi connectivity index (χ4v) is 2.23. The van der Waals surface area contributed by atoms with E-state index in [4.69, 9.17) is 9.47 Å². The average Bonchev–Trinajstić information content (AvgIpc) is 3.09. The molecule has 0 radical (unpaired) electrons. The Labute approximate surface area is 100 Å². The summed E-state index contributed by atoms with van der Waals surface area (Å²) in [6.07, 6.45) is 3.37. The van der Waals surface area contributed by atoms with E-state index >= 15 is 0 Å². The van der Waals surface area contributed by atoms with Crippen LogP contribution in [0.3, 0.4) is 0 Å². The number of aryl methyl sites for hydroxylation is 1. The van der Waals surface area contributed by atoms with Gasteiger partial charge in [-0.3, -0.25) is 0 Å². The van der Waals surface area contributed by atoms with Crippen molar-refractivity contribution < 1.29 is 14.3 Å². The molecule has 0 aromatic heterocycles. The van der Waals surface area contributed by atoms with Gasteiger partial charge in [0.15, 0.2) is 11.5 Å². The van der Waals surface area contributed by atoms with Crippen molar-refractivity contribution in [2.24, 2.45) is 4.99 Å². The van der Waals surface area contributed by atoms with Gasteiger partial charge >= 0.3 is 0 Å². The molecule has 0 N–H and O–H groups in total. The van der Waals surface area contributed by atoms with Gasteiger partial charge in [-0.05, 0) is 31.4 Å². The zero-order valence-corrected chi connectivity index (χ0v) is 10.2. The lowest BCUT2D eigenvalue weighted by molar-refractivity contribution is 0.348. The number of hydrogen-bond acceptors (Lipinski definition) is 4. The maximum atomic E-state index is 10.5. The number of benzene rings is 1. The third-order valence-corrected chi connectivity index (χ3v) is 3.20. The minimum atomic E-state index is -0.439. The molecule has 1 aromatic rings. The van der Waals surface area contributed by atoms with Crippen molar-refractivity contribution in [1.82, 2.24) is 0 Å². The van der Waals surface area contributed by atoms with Crippen molar-refractivity contribution in [3.63, 3.8) is 0 Å². The van der Waals surface area contributed by atoms with E-state index in [2.05, 4.69) is 4.99 Å². The SMILES string of the molecule is COc1ccc(C)c(C2(N=C=O)CC2)c1OC. The number of rotatable bonds is 4. The van der Waals surface area contributed by atoms with Gasteiger partial charge in [0.1, 0.15) is 5.54 Å². The highest BCUT2D eigenvalue weighted by Gasteiger charge is 2.48. The molecule has 1 fully saturated rings. The summed E-state index contributed by atoms with van der Waals surface area (Å²) in [5.41, 5.74) is 1.56. The van der Waals surface area contributed by atoms with E-state index in [1.54, 1.807) is 20.3 Å². The number of methoxy groups -OCH3 is 2. The van der Waals surface area contributed by atoms with Gasteiger partial charge in [0.25, 0.3) is 0 Å². The fourth-order valence-electron chi connectivity index (χ4n) is 2.23. The van der Waals surface area contributed by atoms with Gasteiger partial charge in [-0.15, -0.1) is 0 Å². The topological polar surface area (TPSA) is 47.9 Å². The lowest BCUT2D eigenvalue weighted by Gasteiger charge is -2.18. The number of isocyanates is 1. The van der Waals surface area contributed by atoms with E-state index in [0.29, 0.717) is 11.5 Å². The molecule has 0 saturated heterocycles. The summed E-state index contributed by atoms with van der Waals surface area (Å²) in [6, 6.07) is 3.81. The molecule has 1 aliphatic carbocycles. The van der Waals surface area contributed by atoms with Crippen molar-refractivity contribution in [3.05, 3.63) is 23.3 Å². The molecule has 4 heteroatoms. The first kappa shape index (κ1) is 11.7. The highest BCUT2D eigenvalue weighted by Crippen LogP contribution is 2.55. The van der Waals surface area contributed by atoms with Crippen LogP contribution in [0, 0.1) is 6.92 Å². The van der Waals surface area contributed by atoms with Gasteiger partial charge < -0.3 is 9.47 Å². The van der Waals surface area contributed by atoms with Crippen LogP contribution in [0.15, 0.2) is 17.1 Å². The number of hydrogen-bond donors (Lipinski definition) is 0. The minimum Gasteiger partial charge on any atom is -0.493 e. The highest BCUT2D eigenvalue weighted by molar-refractivity contribution is 5.57. The Kier molecular flexibility index (Phi) is 2.90. The average molecular weight is 233 g/mol. The Morgan fingerprint density at radius 1 is 1.29 bits per heavy atom. The van der Waals surface area contributed by atoms with Crippen molar-refractivity contribution in [2.45, 2.75) is 25.3 Å². The Morgan fingerprint density at radius 3 is 2.47 bits per heavy atom. The molecule has 17 heavy (non-hydrogen) atoms. The summed E-state index contributed by atoms with van der Waals surface area (Å²) in [4.78, 5) is 14.5. The molecule has 90 valence electrons. The number of nitrogens with zero attached hydrogens (tertiary/aromatic N) is 1. The third kappa shape index (κ3) is 1.81. The van der Waals surface area contributed by atoms with Crippen LogP contribution < -0.4 is 9.47 Å². The normalized spacial score (nSPS) is 15.9. The van der Waals surface area contributed by atoms with Crippen LogP contribution in [0.25, 0.3) is 0 Å². The lowest BCUT2D eigenvalue weighted by Crippen LogP contribution is -2.08. The fraction of sp³-hybridized carbons (Fsp3) is 0.462. The number of carbonyl (C=O) groups excluding carboxylic acids is 1. The van der Waals surface area contributed by atoms with Crippen LogP contribution in [-0.4, -0.2) is 20.3 Å². The Balaban J connectivity index is 2.63. The standard InChI is InChI=1S/C13H15NO3/c1-9-4-5-10(16-2)12(17-3)11(9)13(6-7-13)14-8-15/h4-5H,6-7H2,1-3H3. The van der Waals surface area contributed by atoms with Crippen LogP contribution in [0.1, 0.15) is 24.0 Å². The van der Waals surface area contributed by atoms with E-state index in [9.17, 15) is 4.79 Å². The van der Waals surface area contributed by atoms with Crippen LogP contribution >= 0.6 is 0 Å². The molecule has 1 saturated carbocycles. The van der Waals surface area contributed by atoms with Crippen LogP contribution in [-0.2, 0) is 10.3 Å². The van der Waals surface area contributed by atoms with E-state index < -0.39 is 5.54 Å². The molecular formula is C13H15NO3. The molecular weight excluding hydrogens is 218 g/mol. The summed E-state index contributed by atoms with van der Waals surface area (Å²) in [7, 11) is 3.20. The second kappa shape index (κ2) is 4.22. The smallest absolute Gasteiger partial charge is 0.235 e. The first-order chi connectivity index (χ1) is 8.18. The van der Waals surface area contributed by atoms with Gasteiger partial charge in [-0.25, -0.2) is 4.79 Å². The minimum absolute atomic E-state index is 0.439. The molecule has 1 aliphatic rings. The molecule has 0 spiro atoms. The maximum Gasteiger partial charge on any atom is 0.235 e. The Bertz CT molecular complexity index is 486. The van der Waals surface area contributed by atoms with Crippen molar-refractivity contribution >= 4 is 6.08 Å². The van der Waals surface area contributed by atoms with Gasteiger partial charge in [0.05, 0.1) is 14.2 Å². The largest absolute Gasteiger partial charge is 0.493 e. The van der Waals surface area contributed by atoms with Crippen molar-refractivity contribution in [3.8, 4) is 11.5 Å².